The van der Waals surface area contributed by atoms with Crippen molar-refractivity contribution in [2.24, 2.45) is 0 Å². The van der Waals surface area contributed by atoms with Crippen molar-refractivity contribution in [3.05, 3.63) is 35.9 Å². The van der Waals surface area contributed by atoms with E-state index in [1.165, 1.54) is 267 Å². The van der Waals surface area contributed by atoms with Crippen LogP contribution in [0.4, 0.5) is 0 Å². The van der Waals surface area contributed by atoms with Gasteiger partial charge >= 0.3 is 0 Å². The molecular weight excluding hydrogens is 828 g/mol. The first-order valence-corrected chi connectivity index (χ1v) is 28.1. The maximum absolute atomic E-state index is 5.87. The van der Waals surface area contributed by atoms with Gasteiger partial charge in [-0.2, -0.15) is 0 Å². The van der Waals surface area contributed by atoms with E-state index >= 15 is 0 Å². The molecule has 0 aromatic heterocycles. The van der Waals surface area contributed by atoms with Gasteiger partial charge < -0.3 is 26.4 Å². The van der Waals surface area contributed by atoms with Gasteiger partial charge in [-0.1, -0.05) is 263 Å². The zero-order valence-electron chi connectivity index (χ0n) is 44.4. The molecule has 0 aliphatic heterocycles. The lowest BCUT2D eigenvalue weighted by atomic mass is 10.0. The van der Waals surface area contributed by atoms with Crippen LogP contribution in [0.15, 0.2) is 30.3 Å². The van der Waals surface area contributed by atoms with Gasteiger partial charge in [-0.25, -0.2) is 0 Å². The molecule has 0 heterocycles. The highest BCUT2D eigenvalue weighted by Gasteiger charge is 2.13. The Morgan fingerprint density at radius 3 is 1.02 bits per heavy atom. The minimum absolute atomic E-state index is 0. The fraction of sp³-hybridized carbons (Fsp3) is 0.897. The zero-order valence-corrected chi connectivity index (χ0v) is 46.0. The maximum atomic E-state index is 5.87. The molecule has 0 saturated carbocycles. The number of halogens is 2. The fourth-order valence-corrected chi connectivity index (χ4v) is 8.90. The van der Waals surface area contributed by atoms with Gasteiger partial charge in [0.2, 0.25) is 0 Å². The van der Waals surface area contributed by atoms with Crippen LogP contribution in [0.3, 0.4) is 0 Å². The smallest absolute Gasteiger partial charge is 0.0782 e. The molecule has 1 aromatic rings. The summed E-state index contributed by atoms with van der Waals surface area (Å²) >= 11 is 0. The van der Waals surface area contributed by atoms with E-state index in [2.05, 4.69) is 70.1 Å². The quantitative estimate of drug-likeness (QED) is 0.0480. The lowest BCUT2D eigenvalue weighted by Gasteiger charge is -2.30. The molecule has 64 heavy (non-hydrogen) atoms. The van der Waals surface area contributed by atoms with Crippen molar-refractivity contribution in [1.29, 1.82) is 0 Å². The summed E-state index contributed by atoms with van der Waals surface area (Å²) in [6.07, 6.45) is 54.7. The summed E-state index contributed by atoms with van der Waals surface area (Å²) in [6.45, 7) is 15.0. The molecule has 1 rings (SSSR count). The standard InChI is InChI=1S/C34H72N.C24H43NO2.2ClH/c1-5-7-9-11-13-15-17-19-21-23-25-27-29-31-33-35(3,4)34-32-30-28-26-24-22-20-18-16-14-12-10-8-6-2;1-3-4-5-6-7-8-9-10-11-15-20-27-22-19-25(18-21-26-2)23-24-16-13-12-14-17-24;;/h5-34H2,1-4H3;12-14,16-17H,3-11,15,18-23H2,1-2H3;2*1H/q+1;;;/p-1. The lowest BCUT2D eigenvalue weighted by molar-refractivity contribution is -0.890. The number of benzene rings is 1. The predicted octanol–water partition coefficient (Wildman–Crippen LogP) is 15.5. The fourth-order valence-electron chi connectivity index (χ4n) is 8.90. The summed E-state index contributed by atoms with van der Waals surface area (Å²) in [5.74, 6) is 0. The van der Waals surface area contributed by atoms with Gasteiger partial charge in [-0.05, 0) is 37.7 Å². The molecule has 4 nitrogen and oxygen atoms in total. The van der Waals surface area contributed by atoms with E-state index in [0.717, 1.165) is 39.5 Å². The molecule has 0 unspecified atom stereocenters. The van der Waals surface area contributed by atoms with E-state index in [4.69, 9.17) is 9.47 Å². The largest absolute Gasteiger partial charge is 1.00 e. The number of unbranched alkanes of at least 4 members (excludes halogenated alkanes) is 35. The molecule has 1 aromatic carbocycles. The van der Waals surface area contributed by atoms with Crippen molar-refractivity contribution < 1.29 is 26.4 Å². The Kier molecular flexibility index (Phi) is 60.4. The topological polar surface area (TPSA) is 21.7 Å². The Morgan fingerprint density at radius 2 is 0.688 bits per heavy atom. The van der Waals surface area contributed by atoms with Gasteiger partial charge in [-0.15, -0.1) is 12.4 Å². The zero-order chi connectivity index (χ0) is 45.1. The minimum atomic E-state index is 0. The number of hydrogen-bond acceptors (Lipinski definition) is 3. The Hall–Kier alpha value is -0.360. The minimum Gasteiger partial charge on any atom is -1.00 e. The maximum Gasteiger partial charge on any atom is 0.0782 e. The number of ether oxygens (including phenoxy) is 2. The third-order valence-electron chi connectivity index (χ3n) is 13.3. The third-order valence-corrected chi connectivity index (χ3v) is 13.3. The number of rotatable bonds is 49. The van der Waals surface area contributed by atoms with Crippen LogP contribution in [-0.4, -0.2) is 76.6 Å². The van der Waals surface area contributed by atoms with Gasteiger partial charge in [0.1, 0.15) is 0 Å². The van der Waals surface area contributed by atoms with Crippen molar-refractivity contribution in [3.8, 4) is 0 Å². The molecule has 384 valence electrons. The Bertz CT molecular complexity index is 917. The first-order valence-electron chi connectivity index (χ1n) is 28.1. The van der Waals surface area contributed by atoms with Crippen molar-refractivity contribution in [3.63, 3.8) is 0 Å². The summed E-state index contributed by atoms with van der Waals surface area (Å²) in [4.78, 5) is 2.41. The highest BCUT2D eigenvalue weighted by Crippen LogP contribution is 2.16. The number of hydrogen-bond donors (Lipinski definition) is 0. The van der Waals surface area contributed by atoms with Crippen LogP contribution < -0.4 is 12.4 Å². The summed E-state index contributed by atoms with van der Waals surface area (Å²) in [5.41, 5.74) is 1.35. The van der Waals surface area contributed by atoms with E-state index in [-0.39, 0.29) is 24.8 Å². The molecule has 0 amide bonds. The van der Waals surface area contributed by atoms with E-state index in [0.29, 0.717) is 0 Å². The average molecular weight is 944 g/mol. The van der Waals surface area contributed by atoms with Crippen LogP contribution >= 0.6 is 12.4 Å². The van der Waals surface area contributed by atoms with Crippen LogP contribution in [0.1, 0.15) is 270 Å². The van der Waals surface area contributed by atoms with Crippen LogP contribution in [0.2, 0.25) is 0 Å². The monoisotopic (exact) mass is 943 g/mol. The molecule has 0 atom stereocenters. The lowest BCUT2D eigenvalue weighted by Crippen LogP contribution is -3.00. The average Bonchev–Trinajstić information content (AvgIpc) is 3.27. The molecule has 0 saturated heterocycles. The predicted molar refractivity (Wildman–Crippen MR) is 286 cm³/mol. The summed E-state index contributed by atoms with van der Waals surface area (Å²) in [5, 5.41) is 0. The molecule has 0 bridgehead atoms. The molecule has 0 aliphatic rings. The van der Waals surface area contributed by atoms with Gasteiger partial charge in [0.15, 0.2) is 0 Å². The van der Waals surface area contributed by atoms with E-state index in [1.807, 2.05) is 0 Å². The molecule has 0 fully saturated rings. The van der Waals surface area contributed by atoms with E-state index in [9.17, 15) is 0 Å². The van der Waals surface area contributed by atoms with E-state index < -0.39 is 0 Å². The second kappa shape index (κ2) is 57.0. The van der Waals surface area contributed by atoms with Crippen LogP contribution in [-0.2, 0) is 16.0 Å². The van der Waals surface area contributed by atoms with Gasteiger partial charge in [-0.3, -0.25) is 4.90 Å². The molecule has 0 spiro atoms. The summed E-state index contributed by atoms with van der Waals surface area (Å²) in [7, 11) is 6.69. The van der Waals surface area contributed by atoms with Crippen LogP contribution in [0.25, 0.3) is 0 Å². The molecule has 0 aliphatic carbocycles. The second-order valence-corrected chi connectivity index (χ2v) is 20.1. The van der Waals surface area contributed by atoms with Crippen molar-refractivity contribution in [2.45, 2.75) is 271 Å². The van der Waals surface area contributed by atoms with Crippen LogP contribution in [0.5, 0.6) is 0 Å². The first kappa shape index (κ1) is 67.9. The summed E-state index contributed by atoms with van der Waals surface area (Å²) in [6, 6.07) is 10.6. The molecule has 0 radical (unpaired) electrons. The number of methoxy groups -OCH3 is 1. The normalized spacial score (nSPS) is 11.4. The van der Waals surface area contributed by atoms with Crippen molar-refractivity contribution in [2.75, 3.05) is 67.2 Å². The van der Waals surface area contributed by atoms with Crippen molar-refractivity contribution >= 4 is 12.4 Å². The summed E-state index contributed by atoms with van der Waals surface area (Å²) < 4.78 is 12.4. The molecule has 6 heteroatoms. The Balaban J connectivity index is -0.00000116. The van der Waals surface area contributed by atoms with Gasteiger partial charge in [0.05, 0.1) is 40.4 Å². The van der Waals surface area contributed by atoms with E-state index in [1.54, 1.807) is 7.11 Å². The first-order chi connectivity index (χ1) is 30.5. The Labute approximate surface area is 416 Å². The highest BCUT2D eigenvalue weighted by molar-refractivity contribution is 5.85. The number of quaternary nitrogens is 1. The third kappa shape index (κ3) is 54.2. The van der Waals surface area contributed by atoms with Gasteiger partial charge in [0, 0.05) is 33.4 Å². The van der Waals surface area contributed by atoms with Gasteiger partial charge in [0.25, 0.3) is 0 Å². The van der Waals surface area contributed by atoms with Crippen molar-refractivity contribution in [1.82, 2.24) is 4.90 Å². The number of nitrogens with zero attached hydrogens (tertiary/aromatic N) is 2. The van der Waals surface area contributed by atoms with Crippen LogP contribution in [0, 0.1) is 0 Å². The molecular formula is C58H116Cl2N2O2. The second-order valence-electron chi connectivity index (χ2n) is 20.1. The Morgan fingerprint density at radius 1 is 0.391 bits per heavy atom. The highest BCUT2D eigenvalue weighted by atomic mass is 35.5. The molecule has 0 N–H and O–H groups in total. The SMILES string of the molecule is CCCCCCCCCCCCCCCC[N+](C)(C)CCCCCCCCCCCCCCCC.CCCCCCCCCCCCOCCN(CCOC)Cc1ccccc1.Cl.[Cl-].